The molecule has 4 aromatic rings. The average Bonchev–Trinajstić information content (AvgIpc) is 3.18. The minimum Gasteiger partial charge on any atom is -0.479 e. The molecule has 0 aliphatic heterocycles. The van der Waals surface area contributed by atoms with Crippen molar-refractivity contribution in [3.05, 3.63) is 96.4 Å². The molecular weight excluding hydrogens is 438 g/mol. The van der Waals surface area contributed by atoms with Crippen molar-refractivity contribution >= 4 is 16.9 Å². The fraction of sp³-hybridized carbons (Fsp3) is 0.292. The Balaban J connectivity index is 1.80. The molecule has 0 atom stereocenters. The molecule has 0 unspecified atom stereocenters. The molecule has 2 heterocycles. The quantitative estimate of drug-likeness (QED) is 0.299. The number of fused-ring (bicyclic) bond motifs is 1. The topological polar surface area (TPSA) is 125 Å². The molecule has 0 aliphatic rings. The average molecular weight is 463 g/mol. The fourth-order valence-electron chi connectivity index (χ4n) is 3.83. The Kier molecular flexibility index (Phi) is 6.58. The zero-order valence-corrected chi connectivity index (χ0v) is 19.0. The molecule has 176 valence electrons. The van der Waals surface area contributed by atoms with E-state index in [4.69, 9.17) is 4.74 Å². The van der Waals surface area contributed by atoms with Crippen LogP contribution in [0.1, 0.15) is 36.7 Å². The summed E-state index contributed by atoms with van der Waals surface area (Å²) in [5, 5.41) is 11.4. The van der Waals surface area contributed by atoms with Gasteiger partial charge in [0.15, 0.2) is 16.9 Å². The summed E-state index contributed by atoms with van der Waals surface area (Å²) in [5.74, 6) is 0.534. The number of aryl methyl sites for hydroxylation is 2. The van der Waals surface area contributed by atoms with Crippen molar-refractivity contribution in [1.82, 2.24) is 19.1 Å². The third-order valence-electron chi connectivity index (χ3n) is 5.55. The lowest BCUT2D eigenvalue weighted by Gasteiger charge is -2.10. The third-order valence-corrected chi connectivity index (χ3v) is 5.55. The Morgan fingerprint density at radius 3 is 2.59 bits per heavy atom. The second-order valence-electron chi connectivity index (χ2n) is 8.05. The molecule has 0 radical (unpaired) electrons. The third kappa shape index (κ3) is 4.61. The predicted octanol–water partition coefficient (Wildman–Crippen LogP) is 3.53. The van der Waals surface area contributed by atoms with Crippen LogP contribution in [0.2, 0.25) is 0 Å². The first-order valence-corrected chi connectivity index (χ1v) is 11.0. The SMILES string of the molecule is CCCCn1c(COc2cc(C)ccc2[N+](=O)[O-])nc2c1c(=O)[nH]c(=O)n2Cc1ccccc1. The van der Waals surface area contributed by atoms with Crippen LogP contribution in [0.5, 0.6) is 5.75 Å². The molecule has 0 saturated carbocycles. The number of imidazole rings is 1. The number of H-pyrrole nitrogens is 1. The predicted molar refractivity (Wildman–Crippen MR) is 127 cm³/mol. The highest BCUT2D eigenvalue weighted by molar-refractivity contribution is 5.71. The summed E-state index contributed by atoms with van der Waals surface area (Å²) in [6.45, 7) is 4.48. The number of aromatic nitrogens is 4. The van der Waals surface area contributed by atoms with E-state index < -0.39 is 16.2 Å². The summed E-state index contributed by atoms with van der Waals surface area (Å²) in [4.78, 5) is 43.4. The molecular formula is C24H25N5O5. The van der Waals surface area contributed by atoms with Gasteiger partial charge in [0, 0.05) is 12.6 Å². The molecule has 2 aromatic carbocycles. The number of hydrogen-bond acceptors (Lipinski definition) is 6. The van der Waals surface area contributed by atoms with Crippen LogP contribution in [0.3, 0.4) is 0 Å². The highest BCUT2D eigenvalue weighted by Gasteiger charge is 2.21. The van der Waals surface area contributed by atoms with Crippen molar-refractivity contribution in [3.8, 4) is 5.75 Å². The number of nitrogens with zero attached hydrogens (tertiary/aromatic N) is 4. The Hall–Kier alpha value is -4.21. The summed E-state index contributed by atoms with van der Waals surface area (Å²) in [6, 6.07) is 14.0. The summed E-state index contributed by atoms with van der Waals surface area (Å²) < 4.78 is 8.98. The van der Waals surface area contributed by atoms with Crippen LogP contribution in [0.15, 0.2) is 58.1 Å². The number of hydrogen-bond donors (Lipinski definition) is 1. The summed E-state index contributed by atoms with van der Waals surface area (Å²) in [6.07, 6.45) is 1.66. The van der Waals surface area contributed by atoms with Crippen molar-refractivity contribution in [3.63, 3.8) is 0 Å². The Labute approximate surface area is 194 Å². The largest absolute Gasteiger partial charge is 0.479 e. The van der Waals surface area contributed by atoms with Crippen molar-refractivity contribution in [2.24, 2.45) is 0 Å². The van der Waals surface area contributed by atoms with E-state index in [0.29, 0.717) is 12.4 Å². The minimum atomic E-state index is -0.553. The molecule has 2 aromatic heterocycles. The van der Waals surface area contributed by atoms with Crippen molar-refractivity contribution in [2.75, 3.05) is 0 Å². The zero-order valence-electron chi connectivity index (χ0n) is 19.0. The Morgan fingerprint density at radius 1 is 1.12 bits per heavy atom. The summed E-state index contributed by atoms with van der Waals surface area (Å²) in [5.41, 5.74) is 1.000. The molecule has 0 bridgehead atoms. The first kappa shape index (κ1) is 23.0. The Bertz CT molecular complexity index is 1450. The van der Waals surface area contributed by atoms with Gasteiger partial charge in [-0.25, -0.2) is 9.78 Å². The number of ether oxygens (including phenoxy) is 1. The van der Waals surface area contributed by atoms with Crippen molar-refractivity contribution in [2.45, 2.75) is 46.4 Å². The molecule has 0 fully saturated rings. The first-order valence-electron chi connectivity index (χ1n) is 11.0. The van der Waals surface area contributed by atoms with E-state index >= 15 is 0 Å². The number of nitrogens with one attached hydrogen (secondary N) is 1. The van der Waals surface area contributed by atoms with Crippen LogP contribution < -0.4 is 16.0 Å². The maximum absolute atomic E-state index is 12.8. The molecule has 0 amide bonds. The molecule has 4 rings (SSSR count). The van der Waals surface area contributed by atoms with E-state index in [1.165, 1.54) is 10.6 Å². The van der Waals surface area contributed by atoms with E-state index in [2.05, 4.69) is 9.97 Å². The second-order valence-corrected chi connectivity index (χ2v) is 8.05. The second kappa shape index (κ2) is 9.74. The lowest BCUT2D eigenvalue weighted by Crippen LogP contribution is -2.31. The van der Waals surface area contributed by atoms with Gasteiger partial charge in [-0.2, -0.15) is 0 Å². The lowest BCUT2D eigenvalue weighted by atomic mass is 10.2. The van der Waals surface area contributed by atoms with E-state index in [1.54, 1.807) is 16.7 Å². The van der Waals surface area contributed by atoms with Gasteiger partial charge in [0.2, 0.25) is 0 Å². The molecule has 0 saturated heterocycles. The number of nitro benzene ring substituents is 1. The van der Waals surface area contributed by atoms with Crippen LogP contribution in [-0.2, 0) is 19.7 Å². The summed E-state index contributed by atoms with van der Waals surface area (Å²) >= 11 is 0. The number of nitro groups is 1. The highest BCUT2D eigenvalue weighted by atomic mass is 16.6. The highest BCUT2D eigenvalue weighted by Crippen LogP contribution is 2.28. The van der Waals surface area contributed by atoms with Crippen LogP contribution in [0, 0.1) is 17.0 Å². The molecule has 10 nitrogen and oxygen atoms in total. The number of aromatic amines is 1. The van der Waals surface area contributed by atoms with E-state index in [1.807, 2.05) is 44.2 Å². The lowest BCUT2D eigenvalue weighted by molar-refractivity contribution is -0.386. The van der Waals surface area contributed by atoms with Gasteiger partial charge in [-0.05, 0) is 30.5 Å². The van der Waals surface area contributed by atoms with Crippen LogP contribution in [-0.4, -0.2) is 24.0 Å². The smallest absolute Gasteiger partial charge is 0.330 e. The van der Waals surface area contributed by atoms with Gasteiger partial charge in [0.05, 0.1) is 11.5 Å². The monoisotopic (exact) mass is 463 g/mol. The fourth-order valence-corrected chi connectivity index (χ4v) is 3.83. The van der Waals surface area contributed by atoms with Gasteiger partial charge in [0.1, 0.15) is 12.4 Å². The van der Waals surface area contributed by atoms with Crippen molar-refractivity contribution < 1.29 is 9.66 Å². The van der Waals surface area contributed by atoms with Gasteiger partial charge in [0.25, 0.3) is 5.56 Å². The number of rotatable bonds is 9. The maximum Gasteiger partial charge on any atom is 0.330 e. The standard InChI is InChI=1S/C24H25N5O5/c1-3-4-12-27-20(15-34-19-13-16(2)10-11-18(19)29(32)33)25-22-21(27)23(30)26-24(31)28(22)14-17-8-6-5-7-9-17/h5-11,13H,3-4,12,14-15H2,1-2H3,(H,26,30,31). The minimum absolute atomic E-state index is 0.0956. The van der Waals surface area contributed by atoms with E-state index in [9.17, 15) is 19.7 Å². The molecule has 0 spiro atoms. The normalized spacial score (nSPS) is 11.1. The molecule has 10 heteroatoms. The van der Waals surface area contributed by atoms with Gasteiger partial charge >= 0.3 is 11.4 Å². The Morgan fingerprint density at radius 2 is 1.88 bits per heavy atom. The summed E-state index contributed by atoms with van der Waals surface area (Å²) in [7, 11) is 0. The van der Waals surface area contributed by atoms with Crippen LogP contribution in [0.25, 0.3) is 11.2 Å². The first-order chi connectivity index (χ1) is 16.4. The molecule has 1 N–H and O–H groups in total. The van der Waals surface area contributed by atoms with Gasteiger partial charge in [-0.1, -0.05) is 49.7 Å². The van der Waals surface area contributed by atoms with Crippen LogP contribution in [0.4, 0.5) is 5.69 Å². The van der Waals surface area contributed by atoms with Gasteiger partial charge in [-0.15, -0.1) is 0 Å². The van der Waals surface area contributed by atoms with E-state index in [-0.39, 0.29) is 35.8 Å². The van der Waals surface area contributed by atoms with E-state index in [0.717, 1.165) is 24.0 Å². The zero-order chi connectivity index (χ0) is 24.2. The number of unbranched alkanes of at least 4 members (excludes halogenated alkanes) is 1. The molecule has 34 heavy (non-hydrogen) atoms. The van der Waals surface area contributed by atoms with Gasteiger partial charge < -0.3 is 9.30 Å². The van der Waals surface area contributed by atoms with Gasteiger partial charge in [-0.3, -0.25) is 24.5 Å². The van der Waals surface area contributed by atoms with Crippen LogP contribution >= 0.6 is 0 Å². The number of benzene rings is 2. The van der Waals surface area contributed by atoms with Crippen molar-refractivity contribution in [1.29, 1.82) is 0 Å². The maximum atomic E-state index is 12.8. The molecule has 0 aliphatic carbocycles.